The van der Waals surface area contributed by atoms with Gasteiger partial charge in [-0.15, -0.1) is 0 Å². The van der Waals surface area contributed by atoms with Gasteiger partial charge in [0, 0.05) is 27.2 Å². The molecule has 29 heavy (non-hydrogen) atoms. The summed E-state index contributed by atoms with van der Waals surface area (Å²) < 4.78 is 37.2. The maximum atomic E-state index is 11.5. The molecule has 168 valence electrons. The van der Waals surface area contributed by atoms with Gasteiger partial charge in [0.05, 0.1) is 39.6 Å². The van der Waals surface area contributed by atoms with E-state index >= 15 is 0 Å². The van der Waals surface area contributed by atoms with E-state index in [-0.39, 0.29) is 39.5 Å². The van der Waals surface area contributed by atoms with E-state index in [2.05, 4.69) is 0 Å². The first-order valence-electron chi connectivity index (χ1n) is 9.34. The van der Waals surface area contributed by atoms with Gasteiger partial charge in [-0.3, -0.25) is 14.4 Å². The number of hydrogen-bond donors (Lipinski definition) is 1. The highest BCUT2D eigenvalue weighted by Gasteiger charge is 2.44. The summed E-state index contributed by atoms with van der Waals surface area (Å²) in [5, 5.41) is 8.60. The molecule has 0 aromatic carbocycles. The lowest BCUT2D eigenvalue weighted by Crippen LogP contribution is -2.54. The van der Waals surface area contributed by atoms with Crippen molar-refractivity contribution in [3.8, 4) is 0 Å². The molecule has 0 amide bonds. The Morgan fingerprint density at radius 2 is 1.52 bits per heavy atom. The molecule has 0 aromatic rings. The topological polar surface area (TPSA) is 136 Å². The van der Waals surface area contributed by atoms with E-state index in [1.54, 1.807) is 0 Å². The molecule has 1 N–H and O–H groups in total. The van der Waals surface area contributed by atoms with Crippen molar-refractivity contribution in [1.82, 2.24) is 0 Å². The van der Waals surface area contributed by atoms with Gasteiger partial charge in [0.2, 0.25) is 0 Å². The van der Waals surface area contributed by atoms with Gasteiger partial charge in [-0.25, -0.2) is 0 Å². The molecule has 1 rings (SSSR count). The Morgan fingerprint density at radius 3 is 2.10 bits per heavy atom. The molecule has 1 aliphatic rings. The lowest BCUT2D eigenvalue weighted by Gasteiger charge is -2.39. The summed E-state index contributed by atoms with van der Waals surface area (Å²) in [5.41, 5.74) is 0. The zero-order chi connectivity index (χ0) is 21.6. The van der Waals surface area contributed by atoms with Crippen molar-refractivity contribution in [2.24, 2.45) is 0 Å². The number of aliphatic hydroxyl groups excluding tert-OH is 1. The van der Waals surface area contributed by atoms with E-state index in [9.17, 15) is 14.4 Å². The number of ether oxygens (including phenoxy) is 7. The molecule has 0 spiro atoms. The van der Waals surface area contributed by atoms with Crippen LogP contribution in [-0.2, 0) is 47.5 Å². The van der Waals surface area contributed by atoms with Crippen LogP contribution in [0, 0.1) is 0 Å². The lowest BCUT2D eigenvalue weighted by molar-refractivity contribution is -0.267. The van der Waals surface area contributed by atoms with Crippen LogP contribution in [0.3, 0.4) is 0 Å². The highest BCUT2D eigenvalue weighted by molar-refractivity contribution is 5.67. The maximum Gasteiger partial charge on any atom is 0.303 e. The summed E-state index contributed by atoms with van der Waals surface area (Å²) in [6.07, 6.45) is -3.26. The second kappa shape index (κ2) is 14.2. The summed E-state index contributed by atoms with van der Waals surface area (Å²) in [6.45, 7) is 4.86. The molecule has 0 aliphatic carbocycles. The molecule has 0 radical (unpaired) electrons. The predicted octanol–water partition coefficient (Wildman–Crippen LogP) is -0.430. The van der Waals surface area contributed by atoms with Crippen LogP contribution in [0.2, 0.25) is 0 Å². The zero-order valence-corrected chi connectivity index (χ0v) is 17.0. The molecule has 0 saturated carbocycles. The van der Waals surface area contributed by atoms with Crippen molar-refractivity contribution in [2.75, 3.05) is 46.2 Å². The normalized spacial score (nSPS) is 24.0. The Labute approximate surface area is 169 Å². The summed E-state index contributed by atoms with van der Waals surface area (Å²) in [5.74, 6) is -1.66. The summed E-state index contributed by atoms with van der Waals surface area (Å²) in [7, 11) is 0. The lowest BCUT2D eigenvalue weighted by atomic mass is 10.0. The highest BCUT2D eigenvalue weighted by Crippen LogP contribution is 2.27. The molecule has 11 nitrogen and oxygen atoms in total. The number of aliphatic hydroxyl groups is 1. The van der Waals surface area contributed by atoms with Crippen LogP contribution in [-0.4, -0.2) is 93.9 Å². The first-order chi connectivity index (χ1) is 13.8. The van der Waals surface area contributed by atoms with Gasteiger partial charge in [0.25, 0.3) is 0 Å². The largest absolute Gasteiger partial charge is 0.463 e. The van der Waals surface area contributed by atoms with E-state index in [0.29, 0.717) is 13.2 Å². The summed E-state index contributed by atoms with van der Waals surface area (Å²) in [6, 6.07) is 0. The van der Waals surface area contributed by atoms with Crippen LogP contribution < -0.4 is 0 Å². The van der Waals surface area contributed by atoms with Gasteiger partial charge in [0.1, 0.15) is 18.8 Å². The quantitative estimate of drug-likeness (QED) is 0.235. The van der Waals surface area contributed by atoms with Gasteiger partial charge < -0.3 is 38.3 Å². The van der Waals surface area contributed by atoms with Crippen molar-refractivity contribution in [3.63, 3.8) is 0 Å². The number of hydrogen-bond acceptors (Lipinski definition) is 11. The summed E-state index contributed by atoms with van der Waals surface area (Å²) >= 11 is 0. The van der Waals surface area contributed by atoms with Crippen molar-refractivity contribution < 1.29 is 52.6 Å². The van der Waals surface area contributed by atoms with Crippen molar-refractivity contribution in [1.29, 1.82) is 0 Å². The molecule has 0 bridgehead atoms. The number of carbonyl (C=O) groups excluding carboxylic acids is 3. The van der Waals surface area contributed by atoms with E-state index in [1.165, 1.54) is 20.8 Å². The fourth-order valence-electron chi connectivity index (χ4n) is 2.63. The van der Waals surface area contributed by atoms with Crippen LogP contribution in [0.15, 0.2) is 0 Å². The maximum absolute atomic E-state index is 11.5. The van der Waals surface area contributed by atoms with Gasteiger partial charge in [-0.05, 0) is 0 Å². The molecular formula is C18H30O11. The Bertz CT molecular complexity index is 510. The van der Waals surface area contributed by atoms with E-state index in [4.69, 9.17) is 38.3 Å². The molecule has 11 heteroatoms. The van der Waals surface area contributed by atoms with Gasteiger partial charge in [-0.1, -0.05) is 0 Å². The first-order valence-corrected chi connectivity index (χ1v) is 9.34. The molecule has 4 unspecified atom stereocenters. The number of rotatable bonds is 13. The van der Waals surface area contributed by atoms with E-state index < -0.39 is 42.5 Å². The van der Waals surface area contributed by atoms with Crippen molar-refractivity contribution in [3.05, 3.63) is 0 Å². The van der Waals surface area contributed by atoms with Crippen LogP contribution in [0.25, 0.3) is 0 Å². The van der Waals surface area contributed by atoms with Crippen molar-refractivity contribution in [2.45, 2.75) is 51.8 Å². The predicted molar refractivity (Wildman–Crippen MR) is 95.7 cm³/mol. The Balaban J connectivity index is 2.58. The first kappa shape index (κ1) is 25.2. The van der Waals surface area contributed by atoms with Crippen molar-refractivity contribution >= 4 is 17.9 Å². The third-order valence-electron chi connectivity index (χ3n) is 3.69. The van der Waals surface area contributed by atoms with Gasteiger partial charge >= 0.3 is 17.9 Å². The minimum absolute atomic E-state index is 0.0471. The molecular weight excluding hydrogens is 392 g/mol. The monoisotopic (exact) mass is 422 g/mol. The van der Waals surface area contributed by atoms with Crippen LogP contribution in [0.1, 0.15) is 27.2 Å². The molecule has 0 aromatic heterocycles. The Morgan fingerprint density at radius 1 is 0.897 bits per heavy atom. The highest BCUT2D eigenvalue weighted by atomic mass is 16.7. The van der Waals surface area contributed by atoms with Gasteiger partial charge in [0.15, 0.2) is 12.4 Å². The number of esters is 3. The van der Waals surface area contributed by atoms with Crippen LogP contribution in [0.5, 0.6) is 0 Å². The standard InChI is InChI=1S/C18H30O11/c1-12(20)26-11-16-18(28-14(3)22)15(27-13(2)21)10-17(29-16)25-9-8-24-7-6-23-5-4-19/h15-19H,4-11H2,1-3H3. The fourth-order valence-corrected chi connectivity index (χ4v) is 2.63. The number of carbonyl (C=O) groups is 3. The summed E-state index contributed by atoms with van der Waals surface area (Å²) in [4.78, 5) is 34.1. The minimum Gasteiger partial charge on any atom is -0.463 e. The SMILES string of the molecule is CC(=O)OCC1OC(OCCOCCOCCO)CC(OC(C)=O)C1OC(C)=O. The Kier molecular flexibility index (Phi) is 12.4. The third kappa shape index (κ3) is 11.1. The smallest absolute Gasteiger partial charge is 0.303 e. The van der Waals surface area contributed by atoms with Crippen LogP contribution >= 0.6 is 0 Å². The molecule has 1 aliphatic heterocycles. The minimum atomic E-state index is -0.935. The molecule has 1 saturated heterocycles. The van der Waals surface area contributed by atoms with E-state index in [0.717, 1.165) is 0 Å². The molecule has 4 atom stereocenters. The second-order valence-corrected chi connectivity index (χ2v) is 6.18. The van der Waals surface area contributed by atoms with Crippen LogP contribution in [0.4, 0.5) is 0 Å². The van der Waals surface area contributed by atoms with E-state index in [1.807, 2.05) is 0 Å². The third-order valence-corrected chi connectivity index (χ3v) is 3.69. The zero-order valence-electron chi connectivity index (χ0n) is 17.0. The Hall–Kier alpha value is -1.79. The average molecular weight is 422 g/mol. The fraction of sp³-hybridized carbons (Fsp3) is 0.833. The molecule has 1 fully saturated rings. The second-order valence-electron chi connectivity index (χ2n) is 6.18. The van der Waals surface area contributed by atoms with Gasteiger partial charge in [-0.2, -0.15) is 0 Å². The average Bonchev–Trinajstić information content (AvgIpc) is 2.63. The molecule has 1 heterocycles.